The fourth-order valence-electron chi connectivity index (χ4n) is 3.26. The Hall–Kier alpha value is -0.610. The molecule has 2 fully saturated rings. The van der Waals surface area contributed by atoms with E-state index in [1.807, 2.05) is 0 Å². The van der Waals surface area contributed by atoms with Gasteiger partial charge in [0.25, 0.3) is 0 Å². The van der Waals surface area contributed by atoms with Gasteiger partial charge in [0.15, 0.2) is 0 Å². The smallest absolute Gasteiger partial charge is 0.302 e. The molecule has 0 aromatic rings. The third-order valence-electron chi connectivity index (χ3n) is 4.11. The Morgan fingerprint density at radius 1 is 1.39 bits per heavy atom. The first-order valence-corrected chi connectivity index (χ1v) is 7.27. The van der Waals surface area contributed by atoms with Crippen LogP contribution < -0.4 is 0 Å². The maximum Gasteiger partial charge on any atom is 0.302 e. The highest BCUT2D eigenvalue weighted by Gasteiger charge is 2.42. The number of rotatable bonds is 6. The zero-order chi connectivity index (χ0) is 13.0. The summed E-state index contributed by atoms with van der Waals surface area (Å²) in [4.78, 5) is 16.6. The second-order valence-corrected chi connectivity index (χ2v) is 5.49. The van der Waals surface area contributed by atoms with Gasteiger partial charge in [0.2, 0.25) is 0 Å². The van der Waals surface area contributed by atoms with Crippen LogP contribution in [0.1, 0.15) is 52.4 Å². The first-order chi connectivity index (χ1) is 8.72. The summed E-state index contributed by atoms with van der Waals surface area (Å²) >= 11 is 0. The van der Waals surface area contributed by atoms with Crippen molar-refractivity contribution in [1.82, 2.24) is 5.06 Å². The molecule has 0 N–H and O–H groups in total. The number of hydrogen-bond acceptors (Lipinski definition) is 4. The van der Waals surface area contributed by atoms with E-state index < -0.39 is 0 Å². The Balaban J connectivity index is 1.78. The molecule has 4 nitrogen and oxygen atoms in total. The van der Waals surface area contributed by atoms with Crippen molar-refractivity contribution in [3.05, 3.63) is 0 Å². The Morgan fingerprint density at radius 3 is 2.94 bits per heavy atom. The topological polar surface area (TPSA) is 38.8 Å². The maximum atomic E-state index is 10.7. The van der Waals surface area contributed by atoms with Crippen LogP contribution in [0.5, 0.6) is 0 Å². The molecule has 0 aliphatic carbocycles. The van der Waals surface area contributed by atoms with Crippen LogP contribution in [-0.4, -0.2) is 36.3 Å². The van der Waals surface area contributed by atoms with Gasteiger partial charge in [0.1, 0.15) is 0 Å². The lowest BCUT2D eigenvalue weighted by molar-refractivity contribution is -0.170. The molecule has 2 aliphatic rings. The number of piperidine rings is 1. The van der Waals surface area contributed by atoms with Crippen LogP contribution in [0.2, 0.25) is 0 Å². The van der Waals surface area contributed by atoms with E-state index in [1.165, 1.54) is 32.6 Å². The van der Waals surface area contributed by atoms with Gasteiger partial charge in [-0.2, -0.15) is 5.06 Å². The molecular formula is C14H25NO3. The quantitative estimate of drug-likeness (QED) is 0.540. The van der Waals surface area contributed by atoms with Gasteiger partial charge < -0.3 is 4.74 Å². The van der Waals surface area contributed by atoms with Gasteiger partial charge in [-0.1, -0.05) is 13.3 Å². The molecule has 4 heteroatoms. The van der Waals surface area contributed by atoms with E-state index >= 15 is 0 Å². The summed E-state index contributed by atoms with van der Waals surface area (Å²) in [5, 5.41) is 2.26. The van der Waals surface area contributed by atoms with Crippen molar-refractivity contribution in [2.45, 2.75) is 64.5 Å². The molecule has 0 aromatic carbocycles. The van der Waals surface area contributed by atoms with E-state index in [-0.39, 0.29) is 5.97 Å². The second kappa shape index (κ2) is 6.53. The van der Waals surface area contributed by atoms with Gasteiger partial charge in [-0.3, -0.25) is 9.63 Å². The summed E-state index contributed by atoms with van der Waals surface area (Å²) in [7, 11) is 0. The standard InChI is InChI=1S/C14H25NO3/c1-3-5-13-8-7-12-10-18-15(13)14(12)6-4-9-17-11(2)16/h12-14H,3-10H2,1-2H3/t12-,13-,14+/m1/s1. The summed E-state index contributed by atoms with van der Waals surface area (Å²) in [5.41, 5.74) is 0. The largest absolute Gasteiger partial charge is 0.466 e. The lowest BCUT2D eigenvalue weighted by Gasteiger charge is -2.37. The zero-order valence-electron chi connectivity index (χ0n) is 11.6. The molecule has 4 atom stereocenters. The summed E-state index contributed by atoms with van der Waals surface area (Å²) in [5.74, 6) is 0.512. The van der Waals surface area contributed by atoms with E-state index in [4.69, 9.17) is 9.57 Å². The van der Waals surface area contributed by atoms with Crippen molar-refractivity contribution in [2.75, 3.05) is 13.2 Å². The van der Waals surface area contributed by atoms with Gasteiger partial charge in [-0.05, 0) is 32.1 Å². The molecule has 2 rings (SSSR count). The molecule has 2 heterocycles. The molecule has 0 amide bonds. The highest BCUT2D eigenvalue weighted by molar-refractivity contribution is 5.65. The van der Waals surface area contributed by atoms with Crippen molar-refractivity contribution >= 4 is 5.97 Å². The van der Waals surface area contributed by atoms with Gasteiger partial charge in [0.05, 0.1) is 13.2 Å². The number of fused-ring (bicyclic) bond motifs is 2. The minimum atomic E-state index is -0.179. The summed E-state index contributed by atoms with van der Waals surface area (Å²) in [6, 6.07) is 1.15. The molecular weight excluding hydrogens is 230 g/mol. The van der Waals surface area contributed by atoms with Crippen LogP contribution in [-0.2, 0) is 14.4 Å². The first-order valence-electron chi connectivity index (χ1n) is 7.27. The van der Waals surface area contributed by atoms with E-state index in [1.54, 1.807) is 0 Å². The van der Waals surface area contributed by atoms with E-state index in [0.29, 0.717) is 24.6 Å². The minimum absolute atomic E-state index is 0.179. The van der Waals surface area contributed by atoms with Crippen LogP contribution in [0.3, 0.4) is 0 Å². The number of esters is 1. The first kappa shape index (κ1) is 13.8. The Morgan fingerprint density at radius 2 is 2.22 bits per heavy atom. The minimum Gasteiger partial charge on any atom is -0.466 e. The average Bonchev–Trinajstić information content (AvgIpc) is 2.62. The Kier molecular flexibility index (Phi) is 5.01. The fraction of sp³-hybridized carbons (Fsp3) is 0.929. The average molecular weight is 255 g/mol. The lowest BCUT2D eigenvalue weighted by atomic mass is 9.85. The molecule has 0 saturated carbocycles. The predicted octanol–water partition coefficient (Wildman–Crippen LogP) is 2.52. The molecule has 1 unspecified atom stereocenters. The number of hydroxylamine groups is 2. The molecule has 0 aromatic heterocycles. The van der Waals surface area contributed by atoms with Crippen molar-refractivity contribution in [3.63, 3.8) is 0 Å². The SMILES string of the molecule is CCC[C@@H]1CC[C@@H]2CON1[C@H]2CCCOC(C)=O. The molecule has 0 spiro atoms. The summed E-state index contributed by atoms with van der Waals surface area (Å²) in [6.07, 6.45) is 7.04. The Labute approximate surface area is 110 Å². The highest BCUT2D eigenvalue weighted by Crippen LogP contribution is 2.38. The number of carbonyl (C=O) groups is 1. The van der Waals surface area contributed by atoms with E-state index in [2.05, 4.69) is 12.0 Å². The van der Waals surface area contributed by atoms with Crippen LogP contribution >= 0.6 is 0 Å². The van der Waals surface area contributed by atoms with Crippen LogP contribution in [0, 0.1) is 5.92 Å². The van der Waals surface area contributed by atoms with Crippen molar-refractivity contribution in [1.29, 1.82) is 0 Å². The molecule has 0 radical (unpaired) electrons. The molecule has 104 valence electrons. The molecule has 18 heavy (non-hydrogen) atoms. The van der Waals surface area contributed by atoms with Gasteiger partial charge in [0, 0.05) is 24.9 Å². The number of carbonyl (C=O) groups excluding carboxylic acids is 1. The monoisotopic (exact) mass is 255 g/mol. The predicted molar refractivity (Wildman–Crippen MR) is 68.9 cm³/mol. The highest BCUT2D eigenvalue weighted by atomic mass is 16.7. The lowest BCUT2D eigenvalue weighted by Crippen LogP contribution is -2.44. The van der Waals surface area contributed by atoms with Gasteiger partial charge >= 0.3 is 5.97 Å². The van der Waals surface area contributed by atoms with E-state index in [9.17, 15) is 4.79 Å². The normalized spacial score (nSPS) is 34.6. The summed E-state index contributed by atoms with van der Waals surface area (Å²) in [6.45, 7) is 5.13. The number of hydrogen-bond donors (Lipinski definition) is 0. The second-order valence-electron chi connectivity index (χ2n) is 5.49. The van der Waals surface area contributed by atoms with Crippen molar-refractivity contribution in [3.8, 4) is 0 Å². The third kappa shape index (κ3) is 3.23. The third-order valence-corrected chi connectivity index (χ3v) is 4.11. The summed E-state index contributed by atoms with van der Waals surface area (Å²) < 4.78 is 5.00. The number of ether oxygens (including phenoxy) is 1. The fourth-order valence-corrected chi connectivity index (χ4v) is 3.26. The van der Waals surface area contributed by atoms with Gasteiger partial charge in [-0.25, -0.2) is 0 Å². The molecule has 2 aliphatic heterocycles. The molecule has 2 bridgehead atoms. The maximum absolute atomic E-state index is 10.7. The van der Waals surface area contributed by atoms with Crippen LogP contribution in [0.25, 0.3) is 0 Å². The number of nitrogens with zero attached hydrogens (tertiary/aromatic N) is 1. The Bertz CT molecular complexity index is 282. The van der Waals surface area contributed by atoms with Crippen LogP contribution in [0.4, 0.5) is 0 Å². The van der Waals surface area contributed by atoms with Crippen LogP contribution in [0.15, 0.2) is 0 Å². The van der Waals surface area contributed by atoms with E-state index in [0.717, 1.165) is 19.4 Å². The van der Waals surface area contributed by atoms with Crippen molar-refractivity contribution < 1.29 is 14.4 Å². The molecule has 2 saturated heterocycles. The van der Waals surface area contributed by atoms with Crippen molar-refractivity contribution in [2.24, 2.45) is 5.92 Å². The zero-order valence-corrected chi connectivity index (χ0v) is 11.6. The van der Waals surface area contributed by atoms with Gasteiger partial charge in [-0.15, -0.1) is 0 Å².